The number of likely N-dealkylation sites (tertiary alicyclic amines) is 1. The maximum absolute atomic E-state index is 13.7. The number of nitrogens with one attached hydrogen (secondary N) is 1. The van der Waals surface area contributed by atoms with E-state index in [2.05, 4.69) is 30.5 Å². The molecule has 12 heteroatoms. The van der Waals surface area contributed by atoms with Gasteiger partial charge in [0, 0.05) is 31.2 Å². The number of pyridine rings is 1. The molecular formula is C21H22F3N7OS. The summed E-state index contributed by atoms with van der Waals surface area (Å²) >= 11 is 0.447. The van der Waals surface area contributed by atoms with Crippen LogP contribution in [0.3, 0.4) is 0 Å². The highest BCUT2D eigenvalue weighted by Crippen LogP contribution is 2.33. The molecule has 2 atom stereocenters. The molecule has 1 N–H and O–H groups in total. The van der Waals surface area contributed by atoms with Crippen molar-refractivity contribution < 1.29 is 18.0 Å². The maximum Gasteiger partial charge on any atom is 0.445 e. The zero-order chi connectivity index (χ0) is 23.6. The van der Waals surface area contributed by atoms with Crippen LogP contribution in [0, 0.1) is 12.8 Å². The average molecular weight is 478 g/mol. The third-order valence-corrected chi connectivity index (χ3v) is 6.48. The van der Waals surface area contributed by atoms with E-state index in [-0.39, 0.29) is 35.2 Å². The van der Waals surface area contributed by atoms with Crippen molar-refractivity contribution in [2.45, 2.75) is 38.9 Å². The number of carbonyl (C=O) groups is 1. The highest BCUT2D eigenvalue weighted by molar-refractivity contribution is 7.15. The number of amides is 1. The van der Waals surface area contributed by atoms with Gasteiger partial charge in [0.15, 0.2) is 5.82 Å². The highest BCUT2D eigenvalue weighted by Gasteiger charge is 2.37. The van der Waals surface area contributed by atoms with Crippen LogP contribution in [-0.2, 0) is 6.18 Å². The molecule has 8 nitrogen and oxygen atoms in total. The van der Waals surface area contributed by atoms with Gasteiger partial charge in [-0.3, -0.25) is 4.79 Å². The molecule has 1 amide bonds. The summed E-state index contributed by atoms with van der Waals surface area (Å²) in [7, 11) is 0. The molecule has 0 aliphatic carbocycles. The van der Waals surface area contributed by atoms with Gasteiger partial charge in [-0.15, -0.1) is 10.2 Å². The standard InChI is InChI=1S/C21H22F3N7OS/c1-12-5-3-10-31(15(12)11-27-20-30-29-19(33-20)21(22,23)24)18(32)16-14(7-6-13(2)28-16)17-25-8-4-9-26-17/h4,6-9,12,15H,3,5,10-11H2,1-2H3,(H,27,30). The van der Waals surface area contributed by atoms with Gasteiger partial charge in [0.25, 0.3) is 5.91 Å². The van der Waals surface area contributed by atoms with E-state index in [1.54, 1.807) is 42.4 Å². The van der Waals surface area contributed by atoms with E-state index in [1.165, 1.54) is 0 Å². The molecule has 1 fully saturated rings. The van der Waals surface area contributed by atoms with Crippen molar-refractivity contribution in [1.82, 2.24) is 30.0 Å². The minimum absolute atomic E-state index is 0.0690. The molecule has 33 heavy (non-hydrogen) atoms. The first kappa shape index (κ1) is 23.0. The summed E-state index contributed by atoms with van der Waals surface area (Å²) in [6, 6.07) is 5.02. The number of halogens is 3. The minimum atomic E-state index is -4.54. The molecular weight excluding hydrogens is 455 g/mol. The molecule has 1 aliphatic rings. The highest BCUT2D eigenvalue weighted by atomic mass is 32.1. The summed E-state index contributed by atoms with van der Waals surface area (Å²) in [6.07, 6.45) is 0.386. The number of anilines is 1. The lowest BCUT2D eigenvalue weighted by Crippen LogP contribution is -2.51. The number of piperidine rings is 1. The predicted molar refractivity (Wildman–Crippen MR) is 117 cm³/mol. The molecule has 0 spiro atoms. The lowest BCUT2D eigenvalue weighted by molar-refractivity contribution is -0.138. The van der Waals surface area contributed by atoms with Gasteiger partial charge in [0.05, 0.1) is 11.6 Å². The molecule has 0 bridgehead atoms. The van der Waals surface area contributed by atoms with Crippen LogP contribution < -0.4 is 5.32 Å². The van der Waals surface area contributed by atoms with Gasteiger partial charge < -0.3 is 10.2 Å². The van der Waals surface area contributed by atoms with Crippen molar-refractivity contribution in [3.05, 3.63) is 47.0 Å². The Balaban J connectivity index is 1.58. The molecule has 0 saturated carbocycles. The van der Waals surface area contributed by atoms with E-state index in [1.807, 2.05) is 6.92 Å². The van der Waals surface area contributed by atoms with E-state index < -0.39 is 11.2 Å². The Morgan fingerprint density at radius 2 is 2.00 bits per heavy atom. The minimum Gasteiger partial charge on any atom is -0.358 e. The largest absolute Gasteiger partial charge is 0.445 e. The first-order valence-electron chi connectivity index (χ1n) is 10.4. The van der Waals surface area contributed by atoms with E-state index in [0.717, 1.165) is 12.8 Å². The molecule has 0 aromatic carbocycles. The second-order valence-electron chi connectivity index (χ2n) is 7.90. The first-order valence-corrected chi connectivity index (χ1v) is 11.3. The number of carbonyl (C=O) groups excluding carboxylic acids is 1. The Kier molecular flexibility index (Phi) is 6.54. The second-order valence-corrected chi connectivity index (χ2v) is 8.88. The van der Waals surface area contributed by atoms with Crippen molar-refractivity contribution in [3.8, 4) is 11.4 Å². The zero-order valence-corrected chi connectivity index (χ0v) is 18.8. The number of alkyl halides is 3. The van der Waals surface area contributed by atoms with Crippen molar-refractivity contribution in [1.29, 1.82) is 0 Å². The second kappa shape index (κ2) is 9.38. The fraction of sp³-hybridized carbons (Fsp3) is 0.429. The molecule has 4 rings (SSSR count). The van der Waals surface area contributed by atoms with Crippen LogP contribution in [0.15, 0.2) is 30.6 Å². The van der Waals surface area contributed by atoms with Gasteiger partial charge >= 0.3 is 6.18 Å². The number of aromatic nitrogens is 5. The maximum atomic E-state index is 13.7. The van der Waals surface area contributed by atoms with Crippen molar-refractivity contribution in [3.63, 3.8) is 0 Å². The van der Waals surface area contributed by atoms with Gasteiger partial charge in [-0.05, 0) is 43.9 Å². The summed E-state index contributed by atoms with van der Waals surface area (Å²) in [5, 5.41) is 8.79. The van der Waals surface area contributed by atoms with Crippen molar-refractivity contribution in [2.75, 3.05) is 18.4 Å². The van der Waals surface area contributed by atoms with Gasteiger partial charge in [0.2, 0.25) is 10.1 Å². The third-order valence-electron chi connectivity index (χ3n) is 5.55. The molecule has 3 aromatic rings. The number of nitrogens with zero attached hydrogens (tertiary/aromatic N) is 6. The summed E-state index contributed by atoms with van der Waals surface area (Å²) in [4.78, 5) is 28.4. The Morgan fingerprint density at radius 3 is 2.70 bits per heavy atom. The summed E-state index contributed by atoms with van der Waals surface area (Å²) in [5.74, 6) is 0.279. The van der Waals surface area contributed by atoms with Crippen LogP contribution in [0.1, 0.15) is 41.0 Å². The summed E-state index contributed by atoms with van der Waals surface area (Å²) < 4.78 is 38.5. The smallest absolute Gasteiger partial charge is 0.358 e. The molecule has 174 valence electrons. The SMILES string of the molecule is Cc1ccc(-c2ncccn2)c(C(=O)N2CCCC(C)C2CNc2nnc(C(F)(F)F)s2)n1. The third kappa shape index (κ3) is 5.10. The molecule has 0 radical (unpaired) electrons. The number of aryl methyl sites for hydroxylation is 1. The van der Waals surface area contributed by atoms with E-state index in [9.17, 15) is 18.0 Å². The monoisotopic (exact) mass is 477 g/mol. The van der Waals surface area contributed by atoms with Crippen LogP contribution in [0.25, 0.3) is 11.4 Å². The topological polar surface area (TPSA) is 96.8 Å². The van der Waals surface area contributed by atoms with Gasteiger partial charge in [-0.25, -0.2) is 15.0 Å². The van der Waals surface area contributed by atoms with Crippen LogP contribution in [0.4, 0.5) is 18.3 Å². The number of hydrogen-bond donors (Lipinski definition) is 1. The van der Waals surface area contributed by atoms with E-state index >= 15 is 0 Å². The molecule has 1 aliphatic heterocycles. The fourth-order valence-electron chi connectivity index (χ4n) is 3.89. The number of hydrogen-bond acceptors (Lipinski definition) is 8. The first-order chi connectivity index (χ1) is 15.7. The Bertz CT molecular complexity index is 1120. The number of rotatable bonds is 5. The molecule has 1 saturated heterocycles. The van der Waals surface area contributed by atoms with Crippen LogP contribution in [-0.4, -0.2) is 55.1 Å². The molecule has 3 aromatic heterocycles. The molecule has 2 unspecified atom stereocenters. The van der Waals surface area contributed by atoms with Crippen molar-refractivity contribution >= 4 is 22.4 Å². The quantitative estimate of drug-likeness (QED) is 0.592. The average Bonchev–Trinajstić information content (AvgIpc) is 3.28. The Labute approximate surface area is 192 Å². The summed E-state index contributed by atoms with van der Waals surface area (Å²) in [5.41, 5.74) is 1.48. The van der Waals surface area contributed by atoms with Crippen molar-refractivity contribution in [2.24, 2.45) is 5.92 Å². The normalized spacial score (nSPS) is 18.9. The van der Waals surface area contributed by atoms with Crippen LogP contribution >= 0.6 is 11.3 Å². The van der Waals surface area contributed by atoms with E-state index in [0.29, 0.717) is 35.0 Å². The Hall–Kier alpha value is -3.15. The van der Waals surface area contributed by atoms with Gasteiger partial charge in [-0.1, -0.05) is 18.3 Å². The van der Waals surface area contributed by atoms with E-state index in [4.69, 9.17) is 0 Å². The molecule has 4 heterocycles. The van der Waals surface area contributed by atoms with Gasteiger partial charge in [-0.2, -0.15) is 13.2 Å². The lowest BCUT2D eigenvalue weighted by atomic mass is 9.90. The van der Waals surface area contributed by atoms with Crippen LogP contribution in [0.5, 0.6) is 0 Å². The predicted octanol–water partition coefficient (Wildman–Crippen LogP) is 4.07. The lowest BCUT2D eigenvalue weighted by Gasteiger charge is -2.40. The fourth-order valence-corrected chi connectivity index (χ4v) is 4.51. The summed E-state index contributed by atoms with van der Waals surface area (Å²) in [6.45, 7) is 4.60. The Morgan fingerprint density at radius 1 is 1.24 bits per heavy atom. The van der Waals surface area contributed by atoms with Gasteiger partial charge in [0.1, 0.15) is 5.69 Å². The zero-order valence-electron chi connectivity index (χ0n) is 18.0. The van der Waals surface area contributed by atoms with Crippen LogP contribution in [0.2, 0.25) is 0 Å².